The Morgan fingerprint density at radius 3 is 2.32 bits per heavy atom. The fourth-order valence-electron chi connectivity index (χ4n) is 2.25. The lowest BCUT2D eigenvalue weighted by molar-refractivity contribution is 0.0993. The third-order valence-electron chi connectivity index (χ3n) is 3.00. The van der Waals surface area contributed by atoms with Crippen LogP contribution in [0.1, 0.15) is 32.6 Å². The van der Waals surface area contributed by atoms with Crippen molar-refractivity contribution in [1.29, 1.82) is 0 Å². The maximum absolute atomic E-state index is 12.3. The Labute approximate surface area is 113 Å². The Morgan fingerprint density at radius 2 is 1.68 bits per heavy atom. The lowest BCUT2D eigenvalue weighted by Crippen LogP contribution is -2.09. The third kappa shape index (κ3) is 3.19. The van der Waals surface area contributed by atoms with Gasteiger partial charge in [0.25, 0.3) is 0 Å². The Kier molecular flexibility index (Phi) is 3.65. The zero-order valence-electron chi connectivity index (χ0n) is 11.5. The number of nitrogens with two attached hydrogens (primary N) is 1. The van der Waals surface area contributed by atoms with E-state index in [1.165, 1.54) is 0 Å². The molecule has 0 radical (unpaired) electrons. The van der Waals surface area contributed by atoms with Crippen LogP contribution in [0.2, 0.25) is 0 Å². The van der Waals surface area contributed by atoms with Gasteiger partial charge in [0, 0.05) is 12.6 Å². The second-order valence-corrected chi connectivity index (χ2v) is 5.04. The highest BCUT2D eigenvalue weighted by atomic mass is 16.1. The van der Waals surface area contributed by atoms with Crippen LogP contribution in [0.25, 0.3) is 0 Å². The van der Waals surface area contributed by atoms with E-state index in [2.05, 4.69) is 11.1 Å². The number of pyridine rings is 1. The molecule has 19 heavy (non-hydrogen) atoms. The molecule has 0 aliphatic carbocycles. The average molecular weight is 254 g/mol. The van der Waals surface area contributed by atoms with E-state index in [-0.39, 0.29) is 5.78 Å². The van der Waals surface area contributed by atoms with Crippen LogP contribution in [-0.4, -0.2) is 10.8 Å². The van der Waals surface area contributed by atoms with E-state index in [0.29, 0.717) is 17.8 Å². The molecule has 0 aliphatic rings. The first-order chi connectivity index (χ1) is 8.95. The molecule has 1 heterocycles. The van der Waals surface area contributed by atoms with Crippen molar-refractivity contribution in [2.24, 2.45) is 0 Å². The number of nitrogens with zero attached hydrogens (tertiary/aromatic N) is 1. The van der Waals surface area contributed by atoms with Crippen LogP contribution in [0.4, 0.5) is 5.82 Å². The maximum atomic E-state index is 12.3. The number of benzene rings is 1. The summed E-state index contributed by atoms with van der Waals surface area (Å²) in [5.74, 6) is 0.318. The van der Waals surface area contributed by atoms with Gasteiger partial charge >= 0.3 is 0 Å². The zero-order valence-corrected chi connectivity index (χ0v) is 11.5. The molecule has 0 aliphatic heterocycles. The second-order valence-electron chi connectivity index (χ2n) is 5.04. The topological polar surface area (TPSA) is 56.0 Å². The number of aryl methyl sites for hydroxylation is 3. The molecule has 0 bridgehead atoms. The highest BCUT2D eigenvalue weighted by Crippen LogP contribution is 2.16. The van der Waals surface area contributed by atoms with Crippen molar-refractivity contribution in [3.8, 4) is 0 Å². The van der Waals surface area contributed by atoms with Gasteiger partial charge in [0.2, 0.25) is 0 Å². The summed E-state index contributed by atoms with van der Waals surface area (Å²) in [6.07, 6.45) is 2.03. The minimum absolute atomic E-state index is 0.0127. The van der Waals surface area contributed by atoms with Crippen LogP contribution in [0.5, 0.6) is 0 Å². The first kappa shape index (κ1) is 13.3. The van der Waals surface area contributed by atoms with Gasteiger partial charge < -0.3 is 5.73 Å². The van der Waals surface area contributed by atoms with Crippen molar-refractivity contribution in [2.45, 2.75) is 27.2 Å². The average Bonchev–Trinajstić information content (AvgIpc) is 2.30. The van der Waals surface area contributed by atoms with E-state index in [4.69, 9.17) is 5.73 Å². The van der Waals surface area contributed by atoms with Gasteiger partial charge in [-0.15, -0.1) is 0 Å². The number of hydrogen-bond donors (Lipinski definition) is 1. The van der Waals surface area contributed by atoms with Gasteiger partial charge in [0.1, 0.15) is 5.82 Å². The number of rotatable bonds is 3. The lowest BCUT2D eigenvalue weighted by Gasteiger charge is -2.07. The van der Waals surface area contributed by atoms with Gasteiger partial charge in [-0.05, 0) is 38.0 Å². The van der Waals surface area contributed by atoms with Crippen LogP contribution >= 0.6 is 0 Å². The summed E-state index contributed by atoms with van der Waals surface area (Å²) in [5, 5.41) is 0. The molecule has 0 saturated heterocycles. The summed E-state index contributed by atoms with van der Waals surface area (Å²) in [6, 6.07) is 7.96. The van der Waals surface area contributed by atoms with Gasteiger partial charge in [0.15, 0.2) is 5.78 Å². The Morgan fingerprint density at radius 1 is 1.05 bits per heavy atom. The second kappa shape index (κ2) is 5.22. The summed E-state index contributed by atoms with van der Waals surface area (Å²) in [6.45, 7) is 5.97. The molecular weight excluding hydrogens is 236 g/mol. The fraction of sp³-hybridized carbons (Fsp3) is 0.250. The molecule has 0 saturated carbocycles. The van der Waals surface area contributed by atoms with Crippen LogP contribution in [0, 0.1) is 20.8 Å². The Balaban J connectivity index is 2.28. The van der Waals surface area contributed by atoms with Crippen LogP contribution < -0.4 is 5.73 Å². The summed E-state index contributed by atoms with van der Waals surface area (Å²) >= 11 is 0. The summed E-state index contributed by atoms with van der Waals surface area (Å²) in [4.78, 5) is 16.3. The van der Waals surface area contributed by atoms with Gasteiger partial charge in [-0.1, -0.05) is 29.3 Å². The maximum Gasteiger partial charge on any atom is 0.170 e. The molecule has 0 amide bonds. The predicted molar refractivity (Wildman–Crippen MR) is 77.3 cm³/mol. The molecule has 3 heteroatoms. The van der Waals surface area contributed by atoms with Crippen molar-refractivity contribution in [3.63, 3.8) is 0 Å². The van der Waals surface area contributed by atoms with Crippen molar-refractivity contribution in [3.05, 3.63) is 58.3 Å². The monoisotopic (exact) mass is 254 g/mol. The van der Waals surface area contributed by atoms with E-state index >= 15 is 0 Å². The lowest BCUT2D eigenvalue weighted by atomic mass is 9.99. The molecule has 1 aromatic heterocycles. The Bertz CT molecular complexity index is 612. The van der Waals surface area contributed by atoms with Crippen molar-refractivity contribution in [2.75, 3.05) is 5.73 Å². The first-order valence-electron chi connectivity index (χ1n) is 6.28. The van der Waals surface area contributed by atoms with Crippen molar-refractivity contribution < 1.29 is 4.79 Å². The standard InChI is InChI=1S/C16H18N2O/c1-10-4-11(2)6-13(5-10)8-15(19)14-7-12(3)9-18-16(14)17/h4-7,9H,8H2,1-3H3,(H2,17,18). The van der Waals surface area contributed by atoms with Gasteiger partial charge in [-0.2, -0.15) is 0 Å². The molecule has 0 spiro atoms. The van der Waals surface area contributed by atoms with E-state index in [9.17, 15) is 4.79 Å². The smallest absolute Gasteiger partial charge is 0.170 e. The molecule has 3 nitrogen and oxygen atoms in total. The number of anilines is 1. The molecule has 0 unspecified atom stereocenters. The van der Waals surface area contributed by atoms with Crippen LogP contribution in [0.3, 0.4) is 0 Å². The molecule has 1 aromatic carbocycles. The van der Waals surface area contributed by atoms with Gasteiger partial charge in [-0.25, -0.2) is 4.98 Å². The van der Waals surface area contributed by atoms with Gasteiger partial charge in [-0.3, -0.25) is 4.79 Å². The summed E-state index contributed by atoms with van der Waals surface area (Å²) in [5.41, 5.74) is 10.6. The summed E-state index contributed by atoms with van der Waals surface area (Å²) in [7, 11) is 0. The van der Waals surface area contributed by atoms with Crippen LogP contribution in [0.15, 0.2) is 30.5 Å². The molecule has 2 N–H and O–H groups in total. The van der Waals surface area contributed by atoms with Crippen LogP contribution in [-0.2, 0) is 6.42 Å². The number of nitrogen functional groups attached to an aromatic ring is 1. The Hall–Kier alpha value is -2.16. The van der Waals surface area contributed by atoms with E-state index in [1.54, 1.807) is 12.3 Å². The number of ketones is 1. The molecular formula is C16H18N2O. The highest BCUT2D eigenvalue weighted by molar-refractivity contribution is 6.01. The molecule has 2 aromatic rings. The SMILES string of the molecule is Cc1cc(C)cc(CC(=O)c2cc(C)cnc2N)c1. The third-order valence-corrected chi connectivity index (χ3v) is 3.00. The van der Waals surface area contributed by atoms with E-state index < -0.39 is 0 Å². The molecule has 0 atom stereocenters. The molecule has 2 rings (SSSR count). The fourth-order valence-corrected chi connectivity index (χ4v) is 2.25. The number of carbonyl (C=O) groups is 1. The summed E-state index contributed by atoms with van der Waals surface area (Å²) < 4.78 is 0. The largest absolute Gasteiger partial charge is 0.383 e. The number of aromatic nitrogens is 1. The molecule has 98 valence electrons. The minimum Gasteiger partial charge on any atom is -0.383 e. The first-order valence-corrected chi connectivity index (χ1v) is 6.28. The normalized spacial score (nSPS) is 10.5. The quantitative estimate of drug-likeness (QED) is 0.857. The zero-order chi connectivity index (χ0) is 14.0. The predicted octanol–water partition coefficient (Wildman–Crippen LogP) is 3.01. The van der Waals surface area contributed by atoms with Crippen molar-refractivity contribution >= 4 is 11.6 Å². The minimum atomic E-state index is 0.0127. The number of carbonyl (C=O) groups excluding carboxylic acids is 1. The molecule has 0 fully saturated rings. The van der Waals surface area contributed by atoms with E-state index in [1.807, 2.05) is 32.9 Å². The van der Waals surface area contributed by atoms with Crippen molar-refractivity contribution in [1.82, 2.24) is 4.98 Å². The highest BCUT2D eigenvalue weighted by Gasteiger charge is 2.12. The number of hydrogen-bond acceptors (Lipinski definition) is 3. The number of Topliss-reactive ketones (excluding diaryl/α,β-unsaturated/α-hetero) is 1. The van der Waals surface area contributed by atoms with E-state index in [0.717, 1.165) is 22.3 Å². The van der Waals surface area contributed by atoms with Gasteiger partial charge in [0.05, 0.1) is 5.56 Å².